The van der Waals surface area contributed by atoms with Gasteiger partial charge in [-0.1, -0.05) is 35.3 Å². The molecule has 8 heteroatoms. The van der Waals surface area contributed by atoms with Crippen molar-refractivity contribution in [3.05, 3.63) is 57.6 Å². The predicted octanol–water partition coefficient (Wildman–Crippen LogP) is 5.07. The number of carbonyl (C=O) groups excluding carboxylic acids is 1. The highest BCUT2D eigenvalue weighted by Crippen LogP contribution is 2.36. The first-order valence-electron chi connectivity index (χ1n) is 10.6. The molecule has 1 atom stereocenters. The van der Waals surface area contributed by atoms with Gasteiger partial charge < -0.3 is 14.9 Å². The fraction of sp³-hybridized carbons (Fsp3) is 0.375. The number of amides is 2. The number of carbonyl (C=O) groups is 2. The molecule has 4 rings (SSSR count). The van der Waals surface area contributed by atoms with Crippen LogP contribution in [0.5, 0.6) is 0 Å². The van der Waals surface area contributed by atoms with Gasteiger partial charge in [0.15, 0.2) is 0 Å². The van der Waals surface area contributed by atoms with Crippen LogP contribution in [0.25, 0.3) is 11.1 Å². The van der Waals surface area contributed by atoms with Crippen molar-refractivity contribution in [3.8, 4) is 17.2 Å². The molecule has 0 bridgehead atoms. The van der Waals surface area contributed by atoms with Crippen LogP contribution in [0.15, 0.2) is 36.4 Å². The smallest absolute Gasteiger partial charge is 0.407 e. The zero-order chi connectivity index (χ0) is 22.8. The van der Waals surface area contributed by atoms with E-state index in [1.54, 1.807) is 12.1 Å². The van der Waals surface area contributed by atoms with Gasteiger partial charge in [0.25, 0.3) is 0 Å². The lowest BCUT2D eigenvalue weighted by Crippen LogP contribution is -2.47. The third-order valence-electron chi connectivity index (χ3n) is 6.47. The highest BCUT2D eigenvalue weighted by molar-refractivity contribution is 6.36. The number of benzene rings is 2. The van der Waals surface area contributed by atoms with Crippen molar-refractivity contribution in [2.45, 2.75) is 31.7 Å². The molecule has 2 aromatic rings. The van der Waals surface area contributed by atoms with Crippen LogP contribution in [-0.4, -0.2) is 52.6 Å². The van der Waals surface area contributed by atoms with Crippen LogP contribution >= 0.6 is 23.2 Å². The van der Waals surface area contributed by atoms with Crippen LogP contribution in [0.1, 0.15) is 30.4 Å². The van der Waals surface area contributed by atoms with Gasteiger partial charge in [0, 0.05) is 41.6 Å². The Bertz CT molecular complexity index is 1050. The van der Waals surface area contributed by atoms with Crippen LogP contribution < -0.4 is 0 Å². The average molecular weight is 472 g/mol. The van der Waals surface area contributed by atoms with E-state index < -0.39 is 6.09 Å². The minimum Gasteiger partial charge on any atom is -0.465 e. The van der Waals surface area contributed by atoms with Gasteiger partial charge in [-0.15, -0.1) is 0 Å². The molecule has 0 aromatic heterocycles. The van der Waals surface area contributed by atoms with Gasteiger partial charge in [0.05, 0.1) is 11.6 Å². The average Bonchev–Trinajstić information content (AvgIpc) is 3.16. The van der Waals surface area contributed by atoms with Gasteiger partial charge in [-0.2, -0.15) is 5.26 Å². The molecule has 1 N–H and O–H groups in total. The second-order valence-corrected chi connectivity index (χ2v) is 9.14. The van der Waals surface area contributed by atoms with Crippen LogP contribution in [0, 0.1) is 17.2 Å². The summed E-state index contributed by atoms with van der Waals surface area (Å²) in [6.07, 6.45) is 1.66. The Balaban J connectivity index is 1.44. The van der Waals surface area contributed by atoms with Gasteiger partial charge in [0.1, 0.15) is 0 Å². The monoisotopic (exact) mass is 471 g/mol. The highest BCUT2D eigenvalue weighted by atomic mass is 35.5. The van der Waals surface area contributed by atoms with Crippen molar-refractivity contribution >= 4 is 35.2 Å². The Morgan fingerprint density at radius 1 is 1.03 bits per heavy atom. The largest absolute Gasteiger partial charge is 0.465 e. The van der Waals surface area contributed by atoms with Crippen LogP contribution in [0.2, 0.25) is 10.0 Å². The number of piperidine rings is 1. The van der Waals surface area contributed by atoms with Gasteiger partial charge in [-0.25, -0.2) is 4.79 Å². The molecule has 32 heavy (non-hydrogen) atoms. The van der Waals surface area contributed by atoms with Crippen molar-refractivity contribution in [1.82, 2.24) is 9.80 Å². The van der Waals surface area contributed by atoms with Crippen molar-refractivity contribution in [2.24, 2.45) is 5.92 Å². The lowest BCUT2D eigenvalue weighted by atomic mass is 9.95. The molecule has 0 radical (unpaired) electrons. The summed E-state index contributed by atoms with van der Waals surface area (Å²) in [5.74, 6) is -0.0784. The maximum atomic E-state index is 13.1. The molecule has 2 heterocycles. The second kappa shape index (κ2) is 9.40. The minimum atomic E-state index is -0.900. The topological polar surface area (TPSA) is 84.6 Å². The lowest BCUT2D eigenvalue weighted by Gasteiger charge is -2.35. The standard InChI is InChI=1S/C24H23Cl2N3O3/c25-21-12-18(16-3-1-15(14-27)2-4-16)13-22(26)20(21)11-17-5-10-29(23(17)30)19-6-8-28(9-7-19)24(31)32/h1-4,12-13,17,19H,5-11H2,(H,31,32)/t17-/m0/s1. The molecule has 2 saturated heterocycles. The molecule has 2 amide bonds. The fourth-order valence-corrected chi connectivity index (χ4v) is 5.27. The van der Waals surface area contributed by atoms with Crippen LogP contribution in [0.4, 0.5) is 4.79 Å². The Morgan fingerprint density at radius 2 is 1.66 bits per heavy atom. The maximum absolute atomic E-state index is 13.1. The first kappa shape index (κ1) is 22.4. The fourth-order valence-electron chi connectivity index (χ4n) is 4.63. The number of hydrogen-bond donors (Lipinski definition) is 1. The number of rotatable bonds is 4. The summed E-state index contributed by atoms with van der Waals surface area (Å²) in [5, 5.41) is 19.1. The third-order valence-corrected chi connectivity index (χ3v) is 7.14. The zero-order valence-electron chi connectivity index (χ0n) is 17.4. The molecular weight excluding hydrogens is 449 g/mol. The molecule has 2 aromatic carbocycles. The maximum Gasteiger partial charge on any atom is 0.407 e. The predicted molar refractivity (Wildman–Crippen MR) is 123 cm³/mol. The number of likely N-dealkylation sites (tertiary alicyclic amines) is 2. The molecule has 2 fully saturated rings. The number of carboxylic acid groups (broad SMARTS) is 1. The summed E-state index contributed by atoms with van der Waals surface area (Å²) in [6.45, 7) is 1.60. The van der Waals surface area contributed by atoms with Crippen molar-refractivity contribution in [2.75, 3.05) is 19.6 Å². The molecule has 0 saturated carbocycles. The molecule has 6 nitrogen and oxygen atoms in total. The van der Waals surface area contributed by atoms with E-state index in [-0.39, 0.29) is 17.9 Å². The summed E-state index contributed by atoms with van der Waals surface area (Å²) in [5.41, 5.74) is 3.13. The molecular formula is C24H23Cl2N3O3. The molecule has 2 aliphatic heterocycles. The Morgan fingerprint density at radius 3 is 2.22 bits per heavy atom. The number of halogens is 2. The van der Waals surface area contributed by atoms with Crippen LogP contribution in [0.3, 0.4) is 0 Å². The third kappa shape index (κ3) is 4.55. The van der Waals surface area contributed by atoms with E-state index in [4.69, 9.17) is 33.6 Å². The highest BCUT2D eigenvalue weighted by Gasteiger charge is 2.38. The molecule has 0 spiro atoms. The first-order valence-corrected chi connectivity index (χ1v) is 11.4. The summed E-state index contributed by atoms with van der Waals surface area (Å²) < 4.78 is 0. The zero-order valence-corrected chi connectivity index (χ0v) is 18.9. The lowest BCUT2D eigenvalue weighted by molar-refractivity contribution is -0.133. The van der Waals surface area contributed by atoms with E-state index in [9.17, 15) is 9.59 Å². The number of nitrogens with zero attached hydrogens (tertiary/aromatic N) is 3. The van der Waals surface area contributed by atoms with E-state index in [0.717, 1.165) is 23.1 Å². The molecule has 166 valence electrons. The van der Waals surface area contributed by atoms with Crippen molar-refractivity contribution in [1.29, 1.82) is 5.26 Å². The summed E-state index contributed by atoms with van der Waals surface area (Å²) >= 11 is 13.2. The first-order chi connectivity index (χ1) is 15.4. The number of nitriles is 1. The van der Waals surface area contributed by atoms with Gasteiger partial charge >= 0.3 is 6.09 Å². The second-order valence-electron chi connectivity index (χ2n) is 8.33. The van der Waals surface area contributed by atoms with E-state index >= 15 is 0 Å². The Kier molecular flexibility index (Phi) is 6.59. The van der Waals surface area contributed by atoms with E-state index in [2.05, 4.69) is 6.07 Å². The normalized spacial score (nSPS) is 19.3. The van der Waals surface area contributed by atoms with Crippen molar-refractivity contribution < 1.29 is 14.7 Å². The van der Waals surface area contributed by atoms with Crippen molar-refractivity contribution in [3.63, 3.8) is 0 Å². The minimum absolute atomic E-state index is 0.0906. The van der Waals surface area contributed by atoms with Gasteiger partial charge in [0.2, 0.25) is 5.91 Å². The van der Waals surface area contributed by atoms with Gasteiger partial charge in [-0.3, -0.25) is 4.79 Å². The number of hydrogen-bond acceptors (Lipinski definition) is 3. The molecule has 0 unspecified atom stereocenters. The van der Waals surface area contributed by atoms with E-state index in [0.29, 0.717) is 54.5 Å². The SMILES string of the molecule is N#Cc1ccc(-c2cc(Cl)c(C[C@@H]3CCN(C4CCN(C(=O)O)CC4)C3=O)c(Cl)c2)cc1. The van der Waals surface area contributed by atoms with E-state index in [1.807, 2.05) is 29.2 Å². The summed E-state index contributed by atoms with van der Waals surface area (Å²) in [4.78, 5) is 27.5. The van der Waals surface area contributed by atoms with E-state index in [1.165, 1.54) is 4.90 Å². The molecule has 0 aliphatic carbocycles. The summed E-state index contributed by atoms with van der Waals surface area (Å²) in [7, 11) is 0. The Labute approximate surface area is 196 Å². The Hall–Kier alpha value is -2.75. The molecule has 2 aliphatic rings. The van der Waals surface area contributed by atoms with Gasteiger partial charge in [-0.05, 0) is 66.6 Å². The summed E-state index contributed by atoms with van der Waals surface area (Å²) in [6, 6.07) is 13.1. The quantitative estimate of drug-likeness (QED) is 0.674. The van der Waals surface area contributed by atoms with Crippen LogP contribution in [-0.2, 0) is 11.2 Å².